The van der Waals surface area contributed by atoms with Crippen molar-refractivity contribution < 1.29 is 28.5 Å². The first-order chi connectivity index (χ1) is 12.1. The zero-order chi connectivity index (χ0) is 18.0. The maximum Gasteiger partial charge on any atom is 0.182 e. The fourth-order valence-corrected chi connectivity index (χ4v) is 3.13. The lowest BCUT2D eigenvalue weighted by Crippen LogP contribution is -2.28. The monoisotopic (exact) mass is 344 g/mol. The van der Waals surface area contributed by atoms with Gasteiger partial charge in [0.1, 0.15) is 35.4 Å². The van der Waals surface area contributed by atoms with Crippen LogP contribution < -0.4 is 23.7 Å². The van der Waals surface area contributed by atoms with Crippen molar-refractivity contribution >= 4 is 5.78 Å². The number of carbonyl (C=O) groups excluding carboxylic acids is 1. The minimum Gasteiger partial charge on any atom is -0.496 e. The maximum atomic E-state index is 12.8. The molecule has 0 aromatic heterocycles. The third-order valence-electron chi connectivity index (χ3n) is 4.27. The van der Waals surface area contributed by atoms with Crippen LogP contribution in [0.2, 0.25) is 0 Å². The summed E-state index contributed by atoms with van der Waals surface area (Å²) < 4.78 is 27.4. The largest absolute Gasteiger partial charge is 0.496 e. The van der Waals surface area contributed by atoms with Crippen molar-refractivity contribution in [2.45, 2.75) is 5.92 Å². The van der Waals surface area contributed by atoms with Gasteiger partial charge in [0, 0.05) is 12.1 Å². The van der Waals surface area contributed by atoms with Crippen LogP contribution in [-0.4, -0.2) is 40.8 Å². The van der Waals surface area contributed by atoms with E-state index >= 15 is 0 Å². The highest BCUT2D eigenvalue weighted by molar-refractivity contribution is 5.95. The molecule has 1 aliphatic rings. The molecule has 0 N–H and O–H groups in total. The van der Waals surface area contributed by atoms with Gasteiger partial charge in [-0.2, -0.15) is 0 Å². The molecule has 0 radical (unpaired) electrons. The molecular formula is C19H20O6. The first-order valence-corrected chi connectivity index (χ1v) is 7.76. The number of hydrogen-bond donors (Lipinski definition) is 0. The average molecular weight is 344 g/mol. The molecule has 132 valence electrons. The summed E-state index contributed by atoms with van der Waals surface area (Å²) in [4.78, 5) is 12.8. The van der Waals surface area contributed by atoms with Gasteiger partial charge in [0.05, 0.1) is 45.5 Å². The Morgan fingerprint density at radius 3 is 2.08 bits per heavy atom. The zero-order valence-corrected chi connectivity index (χ0v) is 14.6. The molecule has 0 saturated carbocycles. The van der Waals surface area contributed by atoms with E-state index in [2.05, 4.69) is 0 Å². The second-order valence-corrected chi connectivity index (χ2v) is 5.51. The van der Waals surface area contributed by atoms with E-state index in [0.29, 0.717) is 39.9 Å². The van der Waals surface area contributed by atoms with Crippen molar-refractivity contribution in [3.63, 3.8) is 0 Å². The van der Waals surface area contributed by atoms with Gasteiger partial charge in [-0.1, -0.05) is 6.07 Å². The Bertz CT molecular complexity index is 759. The number of rotatable bonds is 5. The van der Waals surface area contributed by atoms with Crippen LogP contribution in [0.1, 0.15) is 17.0 Å². The molecular weight excluding hydrogens is 324 g/mol. The highest BCUT2D eigenvalue weighted by atomic mass is 16.5. The minimum absolute atomic E-state index is 0.0464. The van der Waals surface area contributed by atoms with Crippen LogP contribution >= 0.6 is 0 Å². The summed E-state index contributed by atoms with van der Waals surface area (Å²) in [5.74, 6) is 2.09. The van der Waals surface area contributed by atoms with Crippen LogP contribution in [0.5, 0.6) is 28.7 Å². The van der Waals surface area contributed by atoms with Gasteiger partial charge in [-0.3, -0.25) is 4.79 Å². The van der Waals surface area contributed by atoms with Crippen LogP contribution in [0.15, 0.2) is 30.3 Å². The normalized spacial score (nSPS) is 15.8. The number of Topliss-reactive ketones (excluding diaryl/α,β-unsaturated/α-hetero) is 1. The molecule has 0 bridgehead atoms. The molecule has 0 fully saturated rings. The fraction of sp³-hybridized carbons (Fsp3) is 0.316. The van der Waals surface area contributed by atoms with Crippen molar-refractivity contribution in [3.8, 4) is 28.7 Å². The van der Waals surface area contributed by atoms with Crippen molar-refractivity contribution in [2.75, 3.05) is 35.0 Å². The SMILES string of the molecule is COc1cc(OC)c2c(c1)OCC(=O)C2c1c(OC)cccc1OC. The summed E-state index contributed by atoms with van der Waals surface area (Å²) in [6.07, 6.45) is 0. The Labute approximate surface area is 146 Å². The predicted octanol–water partition coefficient (Wildman–Crippen LogP) is 2.81. The highest BCUT2D eigenvalue weighted by Crippen LogP contribution is 2.49. The fourth-order valence-electron chi connectivity index (χ4n) is 3.13. The van der Waals surface area contributed by atoms with Gasteiger partial charge >= 0.3 is 0 Å². The van der Waals surface area contributed by atoms with E-state index in [1.54, 1.807) is 52.7 Å². The van der Waals surface area contributed by atoms with Crippen molar-refractivity contribution in [2.24, 2.45) is 0 Å². The summed E-state index contributed by atoms with van der Waals surface area (Å²) in [6.45, 7) is -0.0464. The van der Waals surface area contributed by atoms with Crippen LogP contribution in [0.25, 0.3) is 0 Å². The van der Waals surface area contributed by atoms with E-state index in [4.69, 9.17) is 23.7 Å². The van der Waals surface area contributed by atoms with Gasteiger partial charge < -0.3 is 23.7 Å². The van der Waals surface area contributed by atoms with Crippen molar-refractivity contribution in [3.05, 3.63) is 41.5 Å². The second-order valence-electron chi connectivity index (χ2n) is 5.51. The summed E-state index contributed by atoms with van der Waals surface area (Å²) in [5, 5.41) is 0. The van der Waals surface area contributed by atoms with Crippen LogP contribution in [0, 0.1) is 0 Å². The second kappa shape index (κ2) is 6.93. The van der Waals surface area contributed by atoms with Gasteiger partial charge in [-0.05, 0) is 12.1 Å². The number of carbonyl (C=O) groups is 1. The molecule has 0 aliphatic carbocycles. The number of ketones is 1. The lowest BCUT2D eigenvalue weighted by molar-refractivity contribution is -0.122. The molecule has 0 amide bonds. The van der Waals surface area contributed by atoms with E-state index in [1.165, 1.54) is 0 Å². The topological polar surface area (TPSA) is 63.2 Å². The lowest BCUT2D eigenvalue weighted by Gasteiger charge is -2.29. The average Bonchev–Trinajstić information content (AvgIpc) is 2.66. The Hall–Kier alpha value is -2.89. The van der Waals surface area contributed by atoms with Crippen LogP contribution in [0.4, 0.5) is 0 Å². The maximum absolute atomic E-state index is 12.8. The van der Waals surface area contributed by atoms with E-state index in [1.807, 2.05) is 6.07 Å². The molecule has 1 heterocycles. The molecule has 1 aliphatic heterocycles. The molecule has 2 aromatic rings. The summed E-state index contributed by atoms with van der Waals surface area (Å²) in [5.41, 5.74) is 1.30. The highest BCUT2D eigenvalue weighted by Gasteiger charge is 2.37. The van der Waals surface area contributed by atoms with E-state index in [9.17, 15) is 4.79 Å². The molecule has 6 heteroatoms. The minimum atomic E-state index is -0.615. The molecule has 0 saturated heterocycles. The Balaban J connectivity index is 2.28. The first-order valence-electron chi connectivity index (χ1n) is 7.76. The number of benzene rings is 2. The quantitative estimate of drug-likeness (QED) is 0.831. The number of methoxy groups -OCH3 is 4. The summed E-state index contributed by atoms with van der Waals surface area (Å²) >= 11 is 0. The first kappa shape index (κ1) is 17.0. The molecule has 25 heavy (non-hydrogen) atoms. The molecule has 1 atom stereocenters. The third kappa shape index (κ3) is 2.84. The number of ether oxygens (including phenoxy) is 5. The molecule has 1 unspecified atom stereocenters. The Morgan fingerprint density at radius 2 is 1.52 bits per heavy atom. The predicted molar refractivity (Wildman–Crippen MR) is 91.4 cm³/mol. The summed E-state index contributed by atoms with van der Waals surface area (Å²) in [6, 6.07) is 8.90. The van der Waals surface area contributed by atoms with Gasteiger partial charge in [-0.15, -0.1) is 0 Å². The van der Waals surface area contributed by atoms with E-state index in [-0.39, 0.29) is 12.4 Å². The molecule has 6 nitrogen and oxygen atoms in total. The smallest absolute Gasteiger partial charge is 0.182 e. The summed E-state index contributed by atoms with van der Waals surface area (Å²) in [7, 11) is 6.24. The number of hydrogen-bond acceptors (Lipinski definition) is 6. The van der Waals surface area contributed by atoms with Crippen molar-refractivity contribution in [1.29, 1.82) is 0 Å². The van der Waals surface area contributed by atoms with Gasteiger partial charge in [0.15, 0.2) is 5.78 Å². The zero-order valence-electron chi connectivity index (χ0n) is 14.6. The standard InChI is InChI=1S/C19H20O6/c1-21-11-8-15(24-4)19-16(9-11)25-10-12(20)17(19)18-13(22-2)6-5-7-14(18)23-3/h5-9,17H,10H2,1-4H3. The Morgan fingerprint density at radius 1 is 0.880 bits per heavy atom. The third-order valence-corrected chi connectivity index (χ3v) is 4.27. The van der Waals surface area contributed by atoms with Gasteiger partial charge in [0.2, 0.25) is 0 Å². The van der Waals surface area contributed by atoms with Gasteiger partial charge in [0.25, 0.3) is 0 Å². The molecule has 0 spiro atoms. The van der Waals surface area contributed by atoms with Gasteiger partial charge in [-0.25, -0.2) is 0 Å². The van der Waals surface area contributed by atoms with Crippen LogP contribution in [0.3, 0.4) is 0 Å². The van der Waals surface area contributed by atoms with Crippen molar-refractivity contribution in [1.82, 2.24) is 0 Å². The number of fused-ring (bicyclic) bond motifs is 1. The molecule has 2 aromatic carbocycles. The lowest BCUT2D eigenvalue weighted by atomic mass is 9.84. The molecule has 3 rings (SSSR count). The Kier molecular flexibility index (Phi) is 4.70. The van der Waals surface area contributed by atoms with Crippen LogP contribution in [-0.2, 0) is 4.79 Å². The van der Waals surface area contributed by atoms with E-state index < -0.39 is 5.92 Å². The van der Waals surface area contributed by atoms with E-state index in [0.717, 1.165) is 0 Å².